The van der Waals surface area contributed by atoms with E-state index < -0.39 is 12.0 Å². The fraction of sp³-hybridized carbons (Fsp3) is 0.125. The van der Waals surface area contributed by atoms with Gasteiger partial charge in [-0.15, -0.1) is 0 Å². The van der Waals surface area contributed by atoms with Crippen LogP contribution in [-0.4, -0.2) is 24.5 Å². The minimum absolute atomic E-state index is 0.0117. The molecule has 1 aliphatic heterocycles. The van der Waals surface area contributed by atoms with Crippen molar-refractivity contribution in [3.05, 3.63) is 58.1 Å². The van der Waals surface area contributed by atoms with Crippen LogP contribution < -0.4 is 20.9 Å². The average Bonchev–Trinajstić information content (AvgIpc) is 2.59. The number of ether oxygens (including phenoxy) is 1. The molecule has 2 amide bonds. The highest BCUT2D eigenvalue weighted by Crippen LogP contribution is 2.35. The predicted octanol–water partition coefficient (Wildman–Crippen LogP) is 2.39. The molecule has 2 aromatic rings. The molecular formula is C16H13Cl2N3O3. The molecule has 1 atom stereocenters. The van der Waals surface area contributed by atoms with Crippen molar-refractivity contribution in [3.8, 4) is 5.75 Å². The van der Waals surface area contributed by atoms with Crippen LogP contribution in [0.1, 0.15) is 10.4 Å². The van der Waals surface area contributed by atoms with Crippen molar-refractivity contribution in [1.29, 1.82) is 0 Å². The van der Waals surface area contributed by atoms with Gasteiger partial charge in [-0.05, 0) is 30.3 Å². The number of nitrogens with zero attached hydrogens (tertiary/aromatic N) is 1. The number of rotatable bonds is 2. The number of hydrazine groups is 1. The van der Waals surface area contributed by atoms with Gasteiger partial charge in [0.1, 0.15) is 5.75 Å². The summed E-state index contributed by atoms with van der Waals surface area (Å²) in [5.74, 6) is 4.71. The second kappa shape index (κ2) is 6.68. The number of hydrogen-bond acceptors (Lipinski definition) is 4. The van der Waals surface area contributed by atoms with Crippen molar-refractivity contribution >= 4 is 40.7 Å². The van der Waals surface area contributed by atoms with Crippen molar-refractivity contribution in [1.82, 2.24) is 5.43 Å². The number of carbonyl (C=O) groups is 2. The molecule has 0 aliphatic carbocycles. The van der Waals surface area contributed by atoms with Gasteiger partial charge in [0.2, 0.25) is 0 Å². The Balaban J connectivity index is 2.01. The van der Waals surface area contributed by atoms with E-state index in [1.807, 2.05) is 5.43 Å². The van der Waals surface area contributed by atoms with E-state index in [-0.39, 0.29) is 23.0 Å². The summed E-state index contributed by atoms with van der Waals surface area (Å²) in [5, 5.41) is 0.663. The Morgan fingerprint density at radius 2 is 1.96 bits per heavy atom. The van der Waals surface area contributed by atoms with E-state index in [2.05, 4.69) is 0 Å². The van der Waals surface area contributed by atoms with Crippen molar-refractivity contribution in [3.63, 3.8) is 0 Å². The van der Waals surface area contributed by atoms with Crippen LogP contribution in [0.2, 0.25) is 10.0 Å². The zero-order valence-corrected chi connectivity index (χ0v) is 13.8. The first-order chi connectivity index (χ1) is 11.5. The largest absolute Gasteiger partial charge is 0.476 e. The second-order valence-corrected chi connectivity index (χ2v) is 5.97. The summed E-state index contributed by atoms with van der Waals surface area (Å²) in [6.07, 6.45) is -0.917. The van der Waals surface area contributed by atoms with Gasteiger partial charge in [-0.1, -0.05) is 35.3 Å². The Hall–Kier alpha value is -2.28. The van der Waals surface area contributed by atoms with Crippen molar-refractivity contribution in [2.45, 2.75) is 6.10 Å². The molecule has 0 unspecified atom stereocenters. The first kappa shape index (κ1) is 16.6. The van der Waals surface area contributed by atoms with E-state index in [9.17, 15) is 9.59 Å². The molecule has 0 radical (unpaired) electrons. The number of halogens is 2. The van der Waals surface area contributed by atoms with E-state index in [4.69, 9.17) is 33.8 Å². The predicted molar refractivity (Wildman–Crippen MR) is 91.3 cm³/mol. The number of carbonyl (C=O) groups excluding carboxylic acids is 2. The van der Waals surface area contributed by atoms with E-state index >= 15 is 0 Å². The van der Waals surface area contributed by atoms with Crippen LogP contribution in [0.4, 0.5) is 5.69 Å². The monoisotopic (exact) mass is 365 g/mol. The van der Waals surface area contributed by atoms with Crippen molar-refractivity contribution in [2.24, 2.45) is 5.84 Å². The second-order valence-electron chi connectivity index (χ2n) is 5.12. The summed E-state index contributed by atoms with van der Waals surface area (Å²) in [7, 11) is 0. The van der Waals surface area contributed by atoms with Gasteiger partial charge >= 0.3 is 0 Å². The lowest BCUT2D eigenvalue weighted by Gasteiger charge is -2.34. The summed E-state index contributed by atoms with van der Waals surface area (Å²) in [6.45, 7) is 0.0117. The van der Waals surface area contributed by atoms with Crippen LogP contribution in [0.15, 0.2) is 42.5 Å². The smallest absolute Gasteiger partial charge is 0.276 e. The third-order valence-corrected chi connectivity index (χ3v) is 4.16. The summed E-state index contributed by atoms with van der Waals surface area (Å²) in [6, 6.07) is 11.5. The van der Waals surface area contributed by atoms with Gasteiger partial charge in [-0.3, -0.25) is 15.0 Å². The maximum absolute atomic E-state index is 12.9. The molecular weight excluding hydrogens is 353 g/mol. The minimum Gasteiger partial charge on any atom is -0.476 e. The number of fused-ring (bicyclic) bond motifs is 1. The lowest BCUT2D eigenvalue weighted by molar-refractivity contribution is -0.127. The molecule has 8 heteroatoms. The van der Waals surface area contributed by atoms with Crippen LogP contribution in [0.5, 0.6) is 5.75 Å². The normalized spacial score (nSPS) is 16.1. The molecule has 0 saturated heterocycles. The number of benzene rings is 2. The van der Waals surface area contributed by atoms with E-state index in [1.165, 1.54) is 11.0 Å². The number of nitrogens with two attached hydrogens (primary N) is 1. The third kappa shape index (κ3) is 3.03. The SMILES string of the molecule is NNC(=O)[C@@H]1CN(C(=O)c2ccc(Cl)cc2Cl)c2ccccc2O1. The van der Waals surface area contributed by atoms with Gasteiger partial charge in [0.15, 0.2) is 6.10 Å². The highest BCUT2D eigenvalue weighted by molar-refractivity contribution is 6.37. The quantitative estimate of drug-likeness (QED) is 0.486. The van der Waals surface area contributed by atoms with E-state index in [0.29, 0.717) is 16.5 Å². The van der Waals surface area contributed by atoms with Gasteiger partial charge in [0, 0.05) is 5.02 Å². The van der Waals surface area contributed by atoms with Gasteiger partial charge in [0.05, 0.1) is 22.8 Å². The fourth-order valence-electron chi connectivity index (χ4n) is 2.46. The van der Waals surface area contributed by atoms with Gasteiger partial charge in [-0.2, -0.15) is 0 Å². The number of para-hydroxylation sites is 2. The van der Waals surface area contributed by atoms with Crippen LogP contribution in [-0.2, 0) is 4.79 Å². The molecule has 0 fully saturated rings. The Morgan fingerprint density at radius 1 is 1.21 bits per heavy atom. The number of amides is 2. The first-order valence-electron chi connectivity index (χ1n) is 7.04. The van der Waals surface area contributed by atoms with Gasteiger partial charge in [-0.25, -0.2) is 5.84 Å². The molecule has 1 aliphatic rings. The molecule has 6 nitrogen and oxygen atoms in total. The molecule has 24 heavy (non-hydrogen) atoms. The summed E-state index contributed by atoms with van der Waals surface area (Å²) < 4.78 is 5.61. The minimum atomic E-state index is -0.917. The lowest BCUT2D eigenvalue weighted by Crippen LogP contribution is -2.52. The van der Waals surface area contributed by atoms with Gasteiger partial charge in [0.25, 0.3) is 11.8 Å². The number of anilines is 1. The van der Waals surface area contributed by atoms with Crippen LogP contribution in [0.25, 0.3) is 0 Å². The van der Waals surface area contributed by atoms with Crippen LogP contribution in [0.3, 0.4) is 0 Å². The topological polar surface area (TPSA) is 84.7 Å². The van der Waals surface area contributed by atoms with E-state index in [0.717, 1.165) is 0 Å². The van der Waals surface area contributed by atoms with Crippen molar-refractivity contribution < 1.29 is 14.3 Å². The Labute approximate surface area is 148 Å². The molecule has 124 valence electrons. The first-order valence-corrected chi connectivity index (χ1v) is 7.80. The average molecular weight is 366 g/mol. The Kier molecular flexibility index (Phi) is 4.62. The molecule has 1 heterocycles. The summed E-state index contributed by atoms with van der Waals surface area (Å²) in [5.41, 5.74) is 2.87. The van der Waals surface area contributed by atoms with Gasteiger partial charge < -0.3 is 9.64 Å². The molecule has 0 spiro atoms. The van der Waals surface area contributed by atoms with Crippen LogP contribution in [0, 0.1) is 0 Å². The molecule has 0 bridgehead atoms. The number of nitrogens with one attached hydrogen (secondary N) is 1. The Morgan fingerprint density at radius 3 is 2.67 bits per heavy atom. The third-order valence-electron chi connectivity index (χ3n) is 3.62. The standard InChI is InChI=1S/C16H13Cl2N3O3/c17-9-5-6-10(11(18)7-9)16(23)21-8-14(15(22)20-19)24-13-4-2-1-3-12(13)21/h1-7,14H,8,19H2,(H,20,22)/t14-/m0/s1. The molecule has 3 N–H and O–H groups in total. The summed E-state index contributed by atoms with van der Waals surface area (Å²) >= 11 is 12.0. The van der Waals surface area contributed by atoms with Crippen molar-refractivity contribution in [2.75, 3.05) is 11.4 Å². The maximum atomic E-state index is 12.9. The van der Waals surface area contributed by atoms with E-state index in [1.54, 1.807) is 36.4 Å². The molecule has 2 aromatic carbocycles. The molecule has 0 aromatic heterocycles. The molecule has 3 rings (SSSR count). The highest BCUT2D eigenvalue weighted by Gasteiger charge is 2.34. The number of hydrogen-bond donors (Lipinski definition) is 2. The highest BCUT2D eigenvalue weighted by atomic mass is 35.5. The van der Waals surface area contributed by atoms with Crippen LogP contribution >= 0.6 is 23.2 Å². The zero-order chi connectivity index (χ0) is 17.3. The Bertz CT molecular complexity index is 813. The summed E-state index contributed by atoms with van der Waals surface area (Å²) in [4.78, 5) is 26.2. The lowest BCUT2D eigenvalue weighted by atomic mass is 10.1. The fourth-order valence-corrected chi connectivity index (χ4v) is 2.95. The zero-order valence-electron chi connectivity index (χ0n) is 12.3. The molecule has 0 saturated carbocycles. The maximum Gasteiger partial charge on any atom is 0.276 e.